The van der Waals surface area contributed by atoms with Crippen molar-refractivity contribution in [2.45, 2.75) is 57.9 Å². The molecule has 1 heterocycles. The van der Waals surface area contributed by atoms with Gasteiger partial charge in [0.1, 0.15) is 0 Å². The number of thiazole rings is 1. The summed E-state index contributed by atoms with van der Waals surface area (Å²) in [6.45, 7) is 4.33. The van der Waals surface area contributed by atoms with E-state index in [2.05, 4.69) is 24.2 Å². The lowest BCUT2D eigenvalue weighted by atomic mass is 9.70. The van der Waals surface area contributed by atoms with Crippen molar-refractivity contribution in [3.8, 4) is 0 Å². The number of aryl methyl sites for hydroxylation is 1. The summed E-state index contributed by atoms with van der Waals surface area (Å²) in [4.78, 5) is 4.56. The third-order valence-electron chi connectivity index (χ3n) is 3.93. The van der Waals surface area contributed by atoms with Crippen LogP contribution in [0, 0.1) is 12.8 Å². The first kappa shape index (κ1) is 12.1. The average molecular weight is 238 g/mol. The standard InChI is InChI=1S/C13H22N2S/c1-3-11-6-4-5-7-13(11,14)8-12-9-16-10(2)15-12/h9,11H,3-8,14H2,1-2H3. The maximum absolute atomic E-state index is 6.62. The van der Waals surface area contributed by atoms with Crippen LogP contribution in [-0.2, 0) is 6.42 Å². The summed E-state index contributed by atoms with van der Waals surface area (Å²) < 4.78 is 0. The Morgan fingerprint density at radius 1 is 1.56 bits per heavy atom. The van der Waals surface area contributed by atoms with Crippen molar-refractivity contribution in [1.29, 1.82) is 0 Å². The molecule has 3 heteroatoms. The Labute approximate surface area is 102 Å². The van der Waals surface area contributed by atoms with E-state index in [1.54, 1.807) is 11.3 Å². The summed E-state index contributed by atoms with van der Waals surface area (Å²) in [5, 5.41) is 3.33. The predicted octanol–water partition coefficient (Wildman–Crippen LogP) is 3.29. The SMILES string of the molecule is CCC1CCCCC1(N)Cc1csc(C)n1. The zero-order valence-electron chi connectivity index (χ0n) is 10.3. The highest BCUT2D eigenvalue weighted by Crippen LogP contribution is 2.36. The van der Waals surface area contributed by atoms with Gasteiger partial charge in [0.05, 0.1) is 10.7 Å². The first-order chi connectivity index (χ1) is 7.64. The Balaban J connectivity index is 2.10. The molecule has 1 aliphatic carbocycles. The second-order valence-electron chi connectivity index (χ2n) is 5.12. The molecule has 2 unspecified atom stereocenters. The van der Waals surface area contributed by atoms with Gasteiger partial charge in [-0.2, -0.15) is 0 Å². The number of aromatic nitrogens is 1. The van der Waals surface area contributed by atoms with Crippen LogP contribution in [0.1, 0.15) is 49.7 Å². The lowest BCUT2D eigenvalue weighted by Gasteiger charge is -2.40. The summed E-state index contributed by atoms with van der Waals surface area (Å²) >= 11 is 1.73. The van der Waals surface area contributed by atoms with Gasteiger partial charge in [-0.15, -0.1) is 11.3 Å². The Hall–Kier alpha value is -0.410. The molecular formula is C13H22N2S. The molecule has 0 saturated heterocycles. The third-order valence-corrected chi connectivity index (χ3v) is 4.75. The first-order valence-electron chi connectivity index (χ1n) is 6.34. The molecule has 1 aromatic rings. The van der Waals surface area contributed by atoms with Crippen molar-refractivity contribution < 1.29 is 0 Å². The Morgan fingerprint density at radius 3 is 3.00 bits per heavy atom. The zero-order valence-corrected chi connectivity index (χ0v) is 11.1. The van der Waals surface area contributed by atoms with Crippen molar-refractivity contribution in [3.63, 3.8) is 0 Å². The molecule has 1 aromatic heterocycles. The van der Waals surface area contributed by atoms with Gasteiger partial charge in [0, 0.05) is 17.3 Å². The predicted molar refractivity (Wildman–Crippen MR) is 69.7 cm³/mol. The van der Waals surface area contributed by atoms with Gasteiger partial charge >= 0.3 is 0 Å². The van der Waals surface area contributed by atoms with E-state index in [0.717, 1.165) is 11.4 Å². The molecule has 0 spiro atoms. The molecule has 1 saturated carbocycles. The smallest absolute Gasteiger partial charge is 0.0897 e. The largest absolute Gasteiger partial charge is 0.324 e. The van der Waals surface area contributed by atoms with E-state index in [0.29, 0.717) is 5.92 Å². The van der Waals surface area contributed by atoms with Gasteiger partial charge in [-0.3, -0.25) is 0 Å². The van der Waals surface area contributed by atoms with Gasteiger partial charge in [0.25, 0.3) is 0 Å². The maximum atomic E-state index is 6.62. The molecule has 1 fully saturated rings. The van der Waals surface area contributed by atoms with E-state index < -0.39 is 0 Å². The molecule has 0 aliphatic heterocycles. The maximum Gasteiger partial charge on any atom is 0.0897 e. The first-order valence-corrected chi connectivity index (χ1v) is 7.22. The number of rotatable bonds is 3. The van der Waals surface area contributed by atoms with Crippen LogP contribution in [0.3, 0.4) is 0 Å². The minimum absolute atomic E-state index is 0.00745. The zero-order chi connectivity index (χ0) is 11.6. The van der Waals surface area contributed by atoms with Crippen molar-refractivity contribution in [1.82, 2.24) is 4.98 Å². The van der Waals surface area contributed by atoms with Crippen molar-refractivity contribution >= 4 is 11.3 Å². The van der Waals surface area contributed by atoms with Gasteiger partial charge in [0.15, 0.2) is 0 Å². The minimum Gasteiger partial charge on any atom is -0.324 e. The molecule has 2 rings (SSSR count). The van der Waals surface area contributed by atoms with E-state index in [1.165, 1.54) is 37.8 Å². The van der Waals surface area contributed by atoms with Crippen LogP contribution in [0.4, 0.5) is 0 Å². The second kappa shape index (κ2) is 4.84. The molecule has 2 nitrogen and oxygen atoms in total. The quantitative estimate of drug-likeness (QED) is 0.877. The molecular weight excluding hydrogens is 216 g/mol. The minimum atomic E-state index is 0.00745. The topological polar surface area (TPSA) is 38.9 Å². The molecule has 90 valence electrons. The molecule has 16 heavy (non-hydrogen) atoms. The van der Waals surface area contributed by atoms with Crippen molar-refractivity contribution in [2.75, 3.05) is 0 Å². The Morgan fingerprint density at radius 2 is 2.38 bits per heavy atom. The molecule has 0 radical (unpaired) electrons. The van der Waals surface area contributed by atoms with Crippen molar-refractivity contribution in [3.05, 3.63) is 16.1 Å². The second-order valence-corrected chi connectivity index (χ2v) is 6.18. The average Bonchev–Trinajstić information content (AvgIpc) is 2.64. The van der Waals surface area contributed by atoms with Crippen LogP contribution in [0.2, 0.25) is 0 Å². The fourth-order valence-electron chi connectivity index (χ4n) is 3.01. The van der Waals surface area contributed by atoms with Gasteiger partial charge in [-0.1, -0.05) is 26.2 Å². The van der Waals surface area contributed by atoms with Crippen LogP contribution in [0.15, 0.2) is 5.38 Å². The lowest BCUT2D eigenvalue weighted by Crippen LogP contribution is -2.50. The fourth-order valence-corrected chi connectivity index (χ4v) is 3.62. The fraction of sp³-hybridized carbons (Fsp3) is 0.769. The third kappa shape index (κ3) is 2.46. The molecule has 2 N–H and O–H groups in total. The molecule has 2 atom stereocenters. The number of nitrogens with zero attached hydrogens (tertiary/aromatic N) is 1. The van der Waals surface area contributed by atoms with Gasteiger partial charge in [-0.25, -0.2) is 4.98 Å². The summed E-state index contributed by atoms with van der Waals surface area (Å²) in [6, 6.07) is 0. The summed E-state index contributed by atoms with van der Waals surface area (Å²) in [5.74, 6) is 0.684. The van der Waals surface area contributed by atoms with Crippen LogP contribution < -0.4 is 5.73 Å². The van der Waals surface area contributed by atoms with E-state index >= 15 is 0 Å². The highest BCUT2D eigenvalue weighted by molar-refractivity contribution is 7.09. The van der Waals surface area contributed by atoms with E-state index in [-0.39, 0.29) is 5.54 Å². The summed E-state index contributed by atoms with van der Waals surface area (Å²) in [7, 11) is 0. The van der Waals surface area contributed by atoms with Gasteiger partial charge in [-0.05, 0) is 25.7 Å². The van der Waals surface area contributed by atoms with E-state index in [4.69, 9.17) is 5.73 Å². The highest BCUT2D eigenvalue weighted by atomic mass is 32.1. The number of hydrogen-bond donors (Lipinski definition) is 1. The number of hydrogen-bond acceptors (Lipinski definition) is 3. The molecule has 1 aliphatic rings. The summed E-state index contributed by atoms with van der Waals surface area (Å²) in [6.07, 6.45) is 7.29. The molecule has 0 aromatic carbocycles. The summed E-state index contributed by atoms with van der Waals surface area (Å²) in [5.41, 5.74) is 7.83. The van der Waals surface area contributed by atoms with Crippen LogP contribution in [0.5, 0.6) is 0 Å². The molecule has 0 amide bonds. The van der Waals surface area contributed by atoms with Gasteiger partial charge < -0.3 is 5.73 Å². The lowest BCUT2D eigenvalue weighted by molar-refractivity contribution is 0.181. The van der Waals surface area contributed by atoms with Crippen LogP contribution >= 0.6 is 11.3 Å². The Kier molecular flexibility index (Phi) is 3.65. The van der Waals surface area contributed by atoms with Crippen molar-refractivity contribution in [2.24, 2.45) is 11.7 Å². The monoisotopic (exact) mass is 238 g/mol. The van der Waals surface area contributed by atoms with E-state index in [1.807, 2.05) is 0 Å². The van der Waals surface area contributed by atoms with Crippen LogP contribution in [-0.4, -0.2) is 10.5 Å². The van der Waals surface area contributed by atoms with Crippen LogP contribution in [0.25, 0.3) is 0 Å². The van der Waals surface area contributed by atoms with Gasteiger partial charge in [0.2, 0.25) is 0 Å². The molecule has 0 bridgehead atoms. The highest BCUT2D eigenvalue weighted by Gasteiger charge is 2.36. The Bertz CT molecular complexity index is 347. The van der Waals surface area contributed by atoms with E-state index in [9.17, 15) is 0 Å². The normalized spacial score (nSPS) is 30.6. The number of nitrogens with two attached hydrogens (primary N) is 1.